The van der Waals surface area contributed by atoms with Gasteiger partial charge in [-0.3, -0.25) is 10.2 Å². The zero-order valence-electron chi connectivity index (χ0n) is 7.29. The number of nitrogens with one attached hydrogen (secondary N) is 2. The minimum atomic E-state index is -1.13. The van der Waals surface area contributed by atoms with E-state index in [1.807, 2.05) is 5.43 Å². The molecule has 0 aromatic rings. The average molecular weight is 175 g/mol. The van der Waals surface area contributed by atoms with Crippen LogP contribution in [0.15, 0.2) is 0 Å². The fourth-order valence-corrected chi connectivity index (χ4v) is 0.331. The Bertz CT molecular complexity index is 159. The molecule has 6 nitrogen and oxygen atoms in total. The van der Waals surface area contributed by atoms with Gasteiger partial charge in [0.25, 0.3) is 5.91 Å². The minimum Gasteiger partial charge on any atom is -0.383 e. The molecule has 70 valence electrons. The van der Waals surface area contributed by atoms with Gasteiger partial charge >= 0.3 is 6.03 Å². The zero-order chi connectivity index (χ0) is 9.72. The number of nitrogens with zero attached hydrogens (tertiary/aromatic N) is 1. The number of hydrazine groups is 1. The summed E-state index contributed by atoms with van der Waals surface area (Å²) in [6.07, 6.45) is -1.13. The highest BCUT2D eigenvalue weighted by atomic mass is 16.3. The molecule has 0 saturated carbocycles. The van der Waals surface area contributed by atoms with Crippen molar-refractivity contribution in [2.45, 2.75) is 13.0 Å². The highest BCUT2D eigenvalue weighted by molar-refractivity contribution is 5.83. The number of rotatable bonds is 1. The molecular weight excluding hydrogens is 162 g/mol. The maximum Gasteiger partial charge on any atom is 0.335 e. The molecule has 12 heavy (non-hydrogen) atoms. The van der Waals surface area contributed by atoms with E-state index in [0.29, 0.717) is 0 Å². The molecule has 3 N–H and O–H groups in total. The van der Waals surface area contributed by atoms with Crippen molar-refractivity contribution < 1.29 is 14.7 Å². The third kappa shape index (κ3) is 3.77. The Balaban J connectivity index is 3.69. The molecule has 0 spiro atoms. The van der Waals surface area contributed by atoms with Crippen LogP contribution in [0.2, 0.25) is 0 Å². The van der Waals surface area contributed by atoms with Crippen LogP contribution in [-0.2, 0) is 4.79 Å². The van der Waals surface area contributed by atoms with Crippen molar-refractivity contribution >= 4 is 11.9 Å². The molecule has 1 atom stereocenters. The molecule has 0 aliphatic carbocycles. The topological polar surface area (TPSA) is 81.7 Å². The third-order valence-corrected chi connectivity index (χ3v) is 1.08. The molecular formula is C6H13N3O3. The standard InChI is InChI=1S/C6H13N3O3/c1-4(10)5(11)7-8-6(12)9(2)3/h4,10H,1-3H3,(H,7,11)(H,8,12)/t4-/m1/s1. The van der Waals surface area contributed by atoms with E-state index in [0.717, 1.165) is 0 Å². The smallest absolute Gasteiger partial charge is 0.335 e. The molecule has 0 aliphatic heterocycles. The van der Waals surface area contributed by atoms with Crippen LogP contribution in [0, 0.1) is 0 Å². The molecule has 6 heteroatoms. The highest BCUT2D eigenvalue weighted by Gasteiger charge is 2.09. The molecule has 0 bridgehead atoms. The number of hydrogen-bond acceptors (Lipinski definition) is 3. The van der Waals surface area contributed by atoms with E-state index in [1.165, 1.54) is 25.9 Å². The van der Waals surface area contributed by atoms with Gasteiger partial charge in [0, 0.05) is 14.1 Å². The van der Waals surface area contributed by atoms with Crippen molar-refractivity contribution in [1.82, 2.24) is 15.8 Å². The SMILES string of the molecule is C[C@@H](O)C(=O)NNC(=O)N(C)C. The fraction of sp³-hybridized carbons (Fsp3) is 0.667. The lowest BCUT2D eigenvalue weighted by Crippen LogP contribution is -2.49. The highest BCUT2D eigenvalue weighted by Crippen LogP contribution is 1.78. The first-order valence-corrected chi connectivity index (χ1v) is 3.40. The Hall–Kier alpha value is -1.30. The predicted molar refractivity (Wildman–Crippen MR) is 42.0 cm³/mol. The van der Waals surface area contributed by atoms with Gasteiger partial charge in [0.1, 0.15) is 6.10 Å². The first-order valence-electron chi connectivity index (χ1n) is 3.40. The van der Waals surface area contributed by atoms with E-state index >= 15 is 0 Å². The van der Waals surface area contributed by atoms with Crippen LogP contribution < -0.4 is 10.9 Å². The summed E-state index contributed by atoms with van der Waals surface area (Å²) < 4.78 is 0. The van der Waals surface area contributed by atoms with E-state index in [9.17, 15) is 9.59 Å². The minimum absolute atomic E-state index is 0.455. The van der Waals surface area contributed by atoms with Gasteiger partial charge in [-0.05, 0) is 6.92 Å². The first-order chi connectivity index (χ1) is 5.45. The summed E-state index contributed by atoms with van der Waals surface area (Å²) in [6, 6.07) is -0.455. The molecule has 0 saturated heterocycles. The fourth-order valence-electron chi connectivity index (χ4n) is 0.331. The summed E-state index contributed by atoms with van der Waals surface area (Å²) in [6.45, 7) is 1.30. The Labute approximate surface area is 70.5 Å². The largest absolute Gasteiger partial charge is 0.383 e. The van der Waals surface area contributed by atoms with Crippen LogP contribution in [0.3, 0.4) is 0 Å². The summed E-state index contributed by atoms with van der Waals surface area (Å²) in [5.41, 5.74) is 4.12. The lowest BCUT2D eigenvalue weighted by molar-refractivity contribution is -0.129. The number of amides is 3. The second kappa shape index (κ2) is 4.55. The molecule has 0 unspecified atom stereocenters. The third-order valence-electron chi connectivity index (χ3n) is 1.08. The molecule has 0 aliphatic rings. The number of carbonyl (C=O) groups is 2. The Morgan fingerprint density at radius 3 is 2.17 bits per heavy atom. The van der Waals surface area contributed by atoms with Crippen molar-refractivity contribution in [3.63, 3.8) is 0 Å². The second-order valence-corrected chi connectivity index (χ2v) is 2.49. The summed E-state index contributed by atoms with van der Waals surface area (Å²) in [5.74, 6) is -0.648. The first kappa shape index (κ1) is 10.7. The van der Waals surface area contributed by atoms with E-state index < -0.39 is 18.0 Å². The number of hydrogen-bond donors (Lipinski definition) is 3. The van der Waals surface area contributed by atoms with Crippen LogP contribution in [0.4, 0.5) is 4.79 Å². The zero-order valence-corrected chi connectivity index (χ0v) is 7.29. The Kier molecular flexibility index (Phi) is 4.06. The van der Waals surface area contributed by atoms with E-state index in [4.69, 9.17) is 5.11 Å². The van der Waals surface area contributed by atoms with Gasteiger partial charge in [-0.25, -0.2) is 10.2 Å². The van der Waals surface area contributed by atoms with Crippen molar-refractivity contribution in [2.24, 2.45) is 0 Å². The number of aliphatic hydroxyl groups excluding tert-OH is 1. The van der Waals surface area contributed by atoms with Gasteiger partial charge in [0.05, 0.1) is 0 Å². The second-order valence-electron chi connectivity index (χ2n) is 2.49. The van der Waals surface area contributed by atoms with Gasteiger partial charge < -0.3 is 10.0 Å². The van der Waals surface area contributed by atoms with Gasteiger partial charge in [0.2, 0.25) is 0 Å². The monoisotopic (exact) mass is 175 g/mol. The molecule has 0 heterocycles. The van der Waals surface area contributed by atoms with Crippen molar-refractivity contribution in [3.8, 4) is 0 Å². The normalized spacial score (nSPS) is 11.7. The van der Waals surface area contributed by atoms with Crippen LogP contribution in [0.25, 0.3) is 0 Å². The van der Waals surface area contributed by atoms with Crippen LogP contribution in [-0.4, -0.2) is 42.1 Å². The Morgan fingerprint density at radius 2 is 1.83 bits per heavy atom. The van der Waals surface area contributed by atoms with Crippen LogP contribution in [0.5, 0.6) is 0 Å². The summed E-state index contributed by atoms with van der Waals surface area (Å²) >= 11 is 0. The lowest BCUT2D eigenvalue weighted by atomic mass is 10.4. The van der Waals surface area contributed by atoms with Crippen molar-refractivity contribution in [3.05, 3.63) is 0 Å². The van der Waals surface area contributed by atoms with E-state index in [1.54, 1.807) is 0 Å². The summed E-state index contributed by atoms with van der Waals surface area (Å²) in [7, 11) is 3.06. The van der Waals surface area contributed by atoms with E-state index in [-0.39, 0.29) is 0 Å². The number of aliphatic hydroxyl groups is 1. The van der Waals surface area contributed by atoms with Gasteiger partial charge in [-0.15, -0.1) is 0 Å². The van der Waals surface area contributed by atoms with Gasteiger partial charge in [-0.2, -0.15) is 0 Å². The van der Waals surface area contributed by atoms with Crippen LogP contribution in [0.1, 0.15) is 6.92 Å². The molecule has 0 radical (unpaired) electrons. The molecule has 0 fully saturated rings. The summed E-state index contributed by atoms with van der Waals surface area (Å²) in [5, 5.41) is 8.70. The van der Waals surface area contributed by atoms with Gasteiger partial charge in [-0.1, -0.05) is 0 Å². The quantitative estimate of drug-likeness (QED) is 0.432. The van der Waals surface area contributed by atoms with Crippen LogP contribution >= 0.6 is 0 Å². The molecule has 0 aromatic carbocycles. The lowest BCUT2D eigenvalue weighted by Gasteiger charge is -2.13. The van der Waals surface area contributed by atoms with Gasteiger partial charge in [0.15, 0.2) is 0 Å². The molecule has 0 rings (SSSR count). The van der Waals surface area contributed by atoms with E-state index in [2.05, 4.69) is 5.43 Å². The molecule has 0 aromatic heterocycles. The number of urea groups is 1. The van der Waals surface area contributed by atoms with Crippen molar-refractivity contribution in [1.29, 1.82) is 0 Å². The molecule has 3 amide bonds. The maximum absolute atomic E-state index is 10.8. The summed E-state index contributed by atoms with van der Waals surface area (Å²) in [4.78, 5) is 22.7. The Morgan fingerprint density at radius 1 is 1.33 bits per heavy atom. The average Bonchev–Trinajstić information content (AvgIpc) is 1.98. The number of carbonyl (C=O) groups excluding carboxylic acids is 2. The van der Waals surface area contributed by atoms with Crippen molar-refractivity contribution in [2.75, 3.05) is 14.1 Å². The predicted octanol–water partition coefficient (Wildman–Crippen LogP) is -1.33. The maximum atomic E-state index is 10.8.